The van der Waals surface area contributed by atoms with Gasteiger partial charge in [0.1, 0.15) is 11.2 Å². The molecule has 0 unspecified atom stereocenters. The van der Waals surface area contributed by atoms with E-state index in [0.717, 1.165) is 33.1 Å². The number of hydrogen-bond donors (Lipinski definition) is 0. The summed E-state index contributed by atoms with van der Waals surface area (Å²) in [7, 11) is 0. The Hall–Kier alpha value is -5.92. The molecule has 0 saturated carbocycles. The number of benzene rings is 8. The van der Waals surface area contributed by atoms with Crippen LogP contribution < -0.4 is 0 Å². The lowest BCUT2D eigenvalue weighted by Crippen LogP contribution is -1.92. The molecule has 8 aromatic carbocycles. The van der Waals surface area contributed by atoms with Crippen molar-refractivity contribution < 1.29 is 4.42 Å². The summed E-state index contributed by atoms with van der Waals surface area (Å²) in [6.07, 6.45) is 0. The zero-order valence-corrected chi connectivity index (χ0v) is 24.6. The molecule has 1 heterocycles. The van der Waals surface area contributed by atoms with Crippen LogP contribution in [0.4, 0.5) is 0 Å². The number of para-hydroxylation sites is 1. The van der Waals surface area contributed by atoms with Gasteiger partial charge in [0.05, 0.1) is 0 Å². The number of furan rings is 1. The Labute approximate surface area is 261 Å². The predicted octanol–water partition coefficient (Wildman–Crippen LogP) is 12.6. The molecule has 0 bridgehead atoms. The number of hydrogen-bond acceptors (Lipinski definition) is 1. The van der Waals surface area contributed by atoms with Gasteiger partial charge in [-0.1, -0.05) is 158 Å². The van der Waals surface area contributed by atoms with Crippen molar-refractivity contribution in [3.63, 3.8) is 0 Å². The number of fused-ring (bicyclic) bond motifs is 5. The summed E-state index contributed by atoms with van der Waals surface area (Å²) >= 11 is 0. The SMILES string of the molecule is c1ccc(-c2ccc3c(-c4cccc5oc6c(-c7ccccc7)cccc6c45)c4ccccc4c(-c4ccccc4)c3c2)cc1. The molecule has 0 amide bonds. The van der Waals surface area contributed by atoms with Gasteiger partial charge in [-0.2, -0.15) is 0 Å². The van der Waals surface area contributed by atoms with Crippen molar-refractivity contribution in [2.45, 2.75) is 0 Å². The van der Waals surface area contributed by atoms with Crippen molar-refractivity contribution in [3.05, 3.63) is 170 Å². The first-order valence-electron chi connectivity index (χ1n) is 15.4. The second kappa shape index (κ2) is 10.4. The Bertz CT molecular complexity index is 2510. The molecule has 9 rings (SSSR count). The standard InChI is InChI=1S/C44H28O/c1-4-14-29(15-5-1)32-26-27-36-39(28-32)41(31-18-8-3-9-19-31)34-20-10-11-21-35(34)42(36)37-23-13-25-40-43(37)38-24-12-22-33(44(38)45-40)30-16-6-2-7-17-30/h1-28H. The van der Waals surface area contributed by atoms with Gasteiger partial charge in [-0.15, -0.1) is 0 Å². The van der Waals surface area contributed by atoms with E-state index >= 15 is 0 Å². The van der Waals surface area contributed by atoms with Crippen LogP contribution in [0.25, 0.3) is 88.0 Å². The first kappa shape index (κ1) is 25.6. The van der Waals surface area contributed by atoms with Gasteiger partial charge < -0.3 is 4.42 Å². The molecule has 0 N–H and O–H groups in total. The smallest absolute Gasteiger partial charge is 0.143 e. The molecule has 45 heavy (non-hydrogen) atoms. The third-order valence-electron chi connectivity index (χ3n) is 9.07. The van der Waals surface area contributed by atoms with Gasteiger partial charge in [-0.3, -0.25) is 0 Å². The van der Waals surface area contributed by atoms with Crippen molar-refractivity contribution in [1.82, 2.24) is 0 Å². The van der Waals surface area contributed by atoms with Crippen molar-refractivity contribution in [3.8, 4) is 44.5 Å². The van der Waals surface area contributed by atoms with Gasteiger partial charge in [-0.25, -0.2) is 0 Å². The van der Waals surface area contributed by atoms with Crippen molar-refractivity contribution >= 4 is 43.5 Å². The van der Waals surface area contributed by atoms with E-state index in [0.29, 0.717) is 0 Å². The molecular formula is C44H28O. The van der Waals surface area contributed by atoms with Crippen LogP contribution in [-0.4, -0.2) is 0 Å². The number of rotatable bonds is 4. The van der Waals surface area contributed by atoms with Crippen molar-refractivity contribution in [2.24, 2.45) is 0 Å². The summed E-state index contributed by atoms with van der Waals surface area (Å²) in [5.41, 5.74) is 11.4. The van der Waals surface area contributed by atoms with Crippen LogP contribution in [-0.2, 0) is 0 Å². The summed E-state index contributed by atoms with van der Waals surface area (Å²) in [4.78, 5) is 0. The highest BCUT2D eigenvalue weighted by molar-refractivity contribution is 6.26. The normalized spacial score (nSPS) is 11.6. The van der Waals surface area contributed by atoms with Gasteiger partial charge in [0, 0.05) is 16.3 Å². The minimum atomic E-state index is 0.899. The third-order valence-corrected chi connectivity index (χ3v) is 9.07. The summed E-state index contributed by atoms with van der Waals surface area (Å²) in [6, 6.07) is 60.8. The predicted molar refractivity (Wildman–Crippen MR) is 190 cm³/mol. The van der Waals surface area contributed by atoms with Gasteiger partial charge in [-0.05, 0) is 72.6 Å². The maximum Gasteiger partial charge on any atom is 0.143 e. The van der Waals surface area contributed by atoms with Crippen LogP contribution >= 0.6 is 0 Å². The Morgan fingerprint density at radius 1 is 0.311 bits per heavy atom. The second-order valence-electron chi connectivity index (χ2n) is 11.6. The zero-order chi connectivity index (χ0) is 29.7. The van der Waals surface area contributed by atoms with Crippen LogP contribution in [0.1, 0.15) is 0 Å². The quantitative estimate of drug-likeness (QED) is 0.191. The Kier molecular flexibility index (Phi) is 5.89. The molecule has 1 nitrogen and oxygen atoms in total. The topological polar surface area (TPSA) is 13.1 Å². The molecule has 9 aromatic rings. The maximum absolute atomic E-state index is 6.69. The molecular weight excluding hydrogens is 544 g/mol. The van der Waals surface area contributed by atoms with E-state index in [4.69, 9.17) is 4.42 Å². The minimum absolute atomic E-state index is 0.899. The highest BCUT2D eigenvalue weighted by atomic mass is 16.3. The first-order valence-corrected chi connectivity index (χ1v) is 15.4. The van der Waals surface area contributed by atoms with Crippen LogP contribution in [0.5, 0.6) is 0 Å². The monoisotopic (exact) mass is 572 g/mol. The summed E-state index contributed by atoms with van der Waals surface area (Å²) in [6.45, 7) is 0. The fourth-order valence-electron chi connectivity index (χ4n) is 7.10. The molecule has 0 atom stereocenters. The van der Waals surface area contributed by atoms with Crippen molar-refractivity contribution in [2.75, 3.05) is 0 Å². The minimum Gasteiger partial charge on any atom is -0.455 e. The molecule has 210 valence electrons. The molecule has 0 radical (unpaired) electrons. The third kappa shape index (κ3) is 4.09. The Morgan fingerprint density at radius 3 is 1.60 bits per heavy atom. The van der Waals surface area contributed by atoms with Crippen LogP contribution in [0.15, 0.2) is 174 Å². The molecule has 0 spiro atoms. The zero-order valence-electron chi connectivity index (χ0n) is 24.6. The molecule has 1 aromatic heterocycles. The van der Waals surface area contributed by atoms with Crippen LogP contribution in [0.2, 0.25) is 0 Å². The lowest BCUT2D eigenvalue weighted by molar-refractivity contribution is 0.670. The molecule has 1 heteroatoms. The van der Waals surface area contributed by atoms with Gasteiger partial charge in [0.15, 0.2) is 0 Å². The summed E-state index contributed by atoms with van der Waals surface area (Å²) < 4.78 is 6.69. The van der Waals surface area contributed by atoms with E-state index in [2.05, 4.69) is 170 Å². The van der Waals surface area contributed by atoms with Gasteiger partial charge in [0.25, 0.3) is 0 Å². The largest absolute Gasteiger partial charge is 0.455 e. The highest BCUT2D eigenvalue weighted by Gasteiger charge is 2.21. The molecule has 0 aliphatic heterocycles. The van der Waals surface area contributed by atoms with E-state index in [1.54, 1.807) is 0 Å². The van der Waals surface area contributed by atoms with E-state index in [1.165, 1.54) is 54.9 Å². The maximum atomic E-state index is 6.69. The van der Waals surface area contributed by atoms with E-state index in [1.807, 2.05) is 0 Å². The van der Waals surface area contributed by atoms with E-state index in [-0.39, 0.29) is 0 Å². The van der Waals surface area contributed by atoms with Crippen LogP contribution in [0, 0.1) is 0 Å². The molecule has 0 aliphatic carbocycles. The molecule has 0 fully saturated rings. The second-order valence-corrected chi connectivity index (χ2v) is 11.6. The Balaban J connectivity index is 1.42. The van der Waals surface area contributed by atoms with E-state index < -0.39 is 0 Å². The molecule has 0 saturated heterocycles. The van der Waals surface area contributed by atoms with Crippen molar-refractivity contribution in [1.29, 1.82) is 0 Å². The van der Waals surface area contributed by atoms with Gasteiger partial charge in [0.2, 0.25) is 0 Å². The molecule has 0 aliphatic rings. The summed E-state index contributed by atoms with van der Waals surface area (Å²) in [5.74, 6) is 0. The summed E-state index contributed by atoms with van der Waals surface area (Å²) in [5, 5.41) is 7.23. The fraction of sp³-hybridized carbons (Fsp3) is 0. The van der Waals surface area contributed by atoms with E-state index in [9.17, 15) is 0 Å². The van der Waals surface area contributed by atoms with Crippen LogP contribution in [0.3, 0.4) is 0 Å². The first-order chi connectivity index (χ1) is 22.3. The lowest BCUT2D eigenvalue weighted by Gasteiger charge is -2.19. The average molecular weight is 573 g/mol. The average Bonchev–Trinajstić information content (AvgIpc) is 3.51. The highest BCUT2D eigenvalue weighted by Crippen LogP contribution is 2.48. The Morgan fingerprint density at radius 2 is 0.867 bits per heavy atom. The lowest BCUT2D eigenvalue weighted by atomic mass is 9.84. The van der Waals surface area contributed by atoms with Gasteiger partial charge >= 0.3 is 0 Å². The fourth-order valence-corrected chi connectivity index (χ4v) is 7.10.